The zero-order valence-electron chi connectivity index (χ0n) is 10.1. The van der Waals surface area contributed by atoms with Crippen LogP contribution in [0.4, 0.5) is 0 Å². The van der Waals surface area contributed by atoms with E-state index in [4.69, 9.17) is 11.6 Å². The molecule has 0 spiro atoms. The monoisotopic (exact) mass is 266 g/mol. The zero-order chi connectivity index (χ0) is 11.9. The molecule has 2 rings (SSSR count). The molecule has 2 heteroatoms. The Hall–Kier alpha value is -0.400. The van der Waals surface area contributed by atoms with E-state index in [1.807, 2.05) is 11.8 Å². The summed E-state index contributed by atoms with van der Waals surface area (Å²) in [5.41, 5.74) is 1.56. The summed E-state index contributed by atoms with van der Waals surface area (Å²) in [4.78, 5) is 1.36. The van der Waals surface area contributed by atoms with E-state index in [-0.39, 0.29) is 5.38 Å². The Bertz CT molecular complexity index is 358. The first kappa shape index (κ1) is 13.0. The van der Waals surface area contributed by atoms with Gasteiger partial charge in [-0.15, -0.1) is 23.4 Å². The number of allylic oxidation sites excluding steroid dienone is 2. The van der Waals surface area contributed by atoms with Gasteiger partial charge in [-0.2, -0.15) is 0 Å². The Labute approximate surface area is 113 Å². The first-order valence-corrected chi connectivity index (χ1v) is 7.78. The van der Waals surface area contributed by atoms with Gasteiger partial charge in [0.15, 0.2) is 0 Å². The van der Waals surface area contributed by atoms with E-state index in [0.717, 1.165) is 6.42 Å². The van der Waals surface area contributed by atoms with Gasteiger partial charge >= 0.3 is 0 Å². The number of alkyl halides is 1. The van der Waals surface area contributed by atoms with Gasteiger partial charge in [0.05, 0.1) is 5.38 Å². The lowest BCUT2D eigenvalue weighted by Gasteiger charge is -2.06. The van der Waals surface area contributed by atoms with E-state index in [2.05, 4.69) is 36.4 Å². The molecule has 17 heavy (non-hydrogen) atoms. The van der Waals surface area contributed by atoms with Crippen LogP contribution in [0, 0.1) is 0 Å². The highest BCUT2D eigenvalue weighted by atomic mass is 35.5. The van der Waals surface area contributed by atoms with E-state index < -0.39 is 0 Å². The maximum atomic E-state index is 6.23. The van der Waals surface area contributed by atoms with Crippen molar-refractivity contribution in [3.05, 3.63) is 42.0 Å². The van der Waals surface area contributed by atoms with Crippen LogP contribution < -0.4 is 0 Å². The highest BCUT2D eigenvalue weighted by Gasteiger charge is 2.09. The van der Waals surface area contributed by atoms with Gasteiger partial charge in [-0.05, 0) is 37.8 Å². The molecule has 0 saturated carbocycles. The summed E-state index contributed by atoms with van der Waals surface area (Å²) in [7, 11) is 0. The molecule has 1 aliphatic carbocycles. The van der Waals surface area contributed by atoms with Crippen molar-refractivity contribution in [3.8, 4) is 0 Å². The van der Waals surface area contributed by atoms with Crippen molar-refractivity contribution in [3.63, 3.8) is 0 Å². The van der Waals surface area contributed by atoms with Gasteiger partial charge in [-0.1, -0.05) is 36.3 Å². The van der Waals surface area contributed by atoms with Crippen molar-refractivity contribution in [2.75, 3.05) is 5.75 Å². The van der Waals surface area contributed by atoms with Crippen molar-refractivity contribution < 1.29 is 0 Å². The third kappa shape index (κ3) is 4.77. The van der Waals surface area contributed by atoms with Gasteiger partial charge in [0, 0.05) is 10.6 Å². The maximum Gasteiger partial charge on any atom is 0.0518 e. The number of thioether (sulfide) groups is 1. The fourth-order valence-electron chi connectivity index (χ4n) is 2.14. The molecular formula is C15H19ClS. The molecule has 1 aromatic carbocycles. The average molecular weight is 267 g/mol. The summed E-state index contributed by atoms with van der Waals surface area (Å²) in [6, 6.07) is 10.6. The van der Waals surface area contributed by atoms with Crippen molar-refractivity contribution in [1.29, 1.82) is 0 Å². The first-order valence-electron chi connectivity index (χ1n) is 6.36. The van der Waals surface area contributed by atoms with Crippen molar-refractivity contribution in [2.24, 2.45) is 0 Å². The fourth-order valence-corrected chi connectivity index (χ4v) is 3.42. The van der Waals surface area contributed by atoms with Gasteiger partial charge in [0.1, 0.15) is 0 Å². The van der Waals surface area contributed by atoms with Gasteiger partial charge in [-0.3, -0.25) is 0 Å². The molecule has 1 atom stereocenters. The number of benzene rings is 1. The number of hydrogen-bond donors (Lipinski definition) is 0. The summed E-state index contributed by atoms with van der Waals surface area (Å²) in [6.45, 7) is 0. The largest absolute Gasteiger partial charge is 0.126 e. The van der Waals surface area contributed by atoms with Crippen LogP contribution >= 0.6 is 23.4 Å². The second-order valence-corrected chi connectivity index (χ2v) is 6.23. The number of hydrogen-bond acceptors (Lipinski definition) is 1. The molecule has 1 aromatic rings. The third-order valence-corrected chi connectivity index (χ3v) is 4.44. The molecule has 0 nitrogen and oxygen atoms in total. The maximum absolute atomic E-state index is 6.23. The molecule has 0 N–H and O–H groups in total. The lowest BCUT2D eigenvalue weighted by molar-refractivity contribution is 0.709. The third-order valence-electron chi connectivity index (χ3n) is 3.08. The molecule has 0 bridgehead atoms. The minimum atomic E-state index is 0.272. The Balaban J connectivity index is 1.78. The number of halogens is 1. The van der Waals surface area contributed by atoms with Gasteiger partial charge in [-0.25, -0.2) is 0 Å². The van der Waals surface area contributed by atoms with E-state index in [1.165, 1.54) is 36.3 Å². The Morgan fingerprint density at radius 3 is 2.82 bits per heavy atom. The Kier molecular flexibility index (Phi) is 5.47. The second-order valence-electron chi connectivity index (χ2n) is 4.50. The van der Waals surface area contributed by atoms with Crippen LogP contribution in [0.5, 0.6) is 0 Å². The summed E-state index contributed by atoms with van der Waals surface area (Å²) < 4.78 is 0. The lowest BCUT2D eigenvalue weighted by Crippen LogP contribution is -1.92. The van der Waals surface area contributed by atoms with Crippen LogP contribution in [0.15, 0.2) is 46.9 Å². The van der Waals surface area contributed by atoms with E-state index in [9.17, 15) is 0 Å². The molecule has 0 radical (unpaired) electrons. The van der Waals surface area contributed by atoms with Crippen LogP contribution in [0.1, 0.15) is 32.1 Å². The van der Waals surface area contributed by atoms with Gasteiger partial charge in [0.25, 0.3) is 0 Å². The highest BCUT2D eigenvalue weighted by molar-refractivity contribution is 7.99. The van der Waals surface area contributed by atoms with Gasteiger partial charge < -0.3 is 0 Å². The minimum Gasteiger partial charge on any atom is -0.126 e. The van der Waals surface area contributed by atoms with Crippen LogP contribution in [0.25, 0.3) is 0 Å². The first-order chi connectivity index (χ1) is 8.34. The molecule has 92 valence electrons. The molecule has 0 fully saturated rings. The van der Waals surface area contributed by atoms with Crippen molar-refractivity contribution in [2.45, 2.75) is 42.4 Å². The minimum absolute atomic E-state index is 0.272. The van der Waals surface area contributed by atoms with Crippen LogP contribution in [0.3, 0.4) is 0 Å². The zero-order valence-corrected chi connectivity index (χ0v) is 11.6. The summed E-state index contributed by atoms with van der Waals surface area (Å²) in [5.74, 6) is 1.17. The van der Waals surface area contributed by atoms with Gasteiger partial charge in [0.2, 0.25) is 0 Å². The lowest BCUT2D eigenvalue weighted by atomic mass is 10.1. The molecule has 0 aliphatic heterocycles. The predicted molar refractivity (Wildman–Crippen MR) is 78.0 cm³/mol. The van der Waals surface area contributed by atoms with Crippen LogP contribution in [0.2, 0.25) is 0 Å². The summed E-state index contributed by atoms with van der Waals surface area (Å²) in [6.07, 6.45) is 8.46. The highest BCUT2D eigenvalue weighted by Crippen LogP contribution is 2.26. The average Bonchev–Trinajstić information content (AvgIpc) is 2.55. The number of rotatable bonds is 4. The normalized spacial score (nSPS) is 20.8. The molecular weight excluding hydrogens is 248 g/mol. The molecule has 0 amide bonds. The second kappa shape index (κ2) is 7.13. The summed E-state index contributed by atoms with van der Waals surface area (Å²) in [5, 5.41) is 0.272. The smallest absolute Gasteiger partial charge is 0.0518 e. The Morgan fingerprint density at radius 1 is 1.18 bits per heavy atom. The van der Waals surface area contributed by atoms with E-state index >= 15 is 0 Å². The van der Waals surface area contributed by atoms with E-state index in [1.54, 1.807) is 5.57 Å². The SMILES string of the molecule is ClC1C=C(CCSc2ccccc2)CCCC1. The van der Waals surface area contributed by atoms with Crippen LogP contribution in [-0.4, -0.2) is 11.1 Å². The molecule has 1 aliphatic rings. The fraction of sp³-hybridized carbons (Fsp3) is 0.467. The Morgan fingerprint density at radius 2 is 2.00 bits per heavy atom. The van der Waals surface area contributed by atoms with Crippen molar-refractivity contribution >= 4 is 23.4 Å². The molecule has 0 aromatic heterocycles. The summed E-state index contributed by atoms with van der Waals surface area (Å²) >= 11 is 8.17. The molecule has 0 saturated heterocycles. The van der Waals surface area contributed by atoms with Crippen molar-refractivity contribution in [1.82, 2.24) is 0 Å². The topological polar surface area (TPSA) is 0 Å². The molecule has 0 heterocycles. The van der Waals surface area contributed by atoms with Crippen LogP contribution in [-0.2, 0) is 0 Å². The quantitative estimate of drug-likeness (QED) is 0.406. The predicted octanol–water partition coefficient (Wildman–Crippen LogP) is 5.28. The standard InChI is InChI=1S/C15H19ClS/c16-14-7-5-4-6-13(12-14)10-11-17-15-8-2-1-3-9-15/h1-3,8-9,12,14H,4-7,10-11H2. The van der Waals surface area contributed by atoms with E-state index in [0.29, 0.717) is 0 Å². The molecule has 1 unspecified atom stereocenters.